The number of rotatable bonds is 4. The van der Waals surface area contributed by atoms with Crippen LogP contribution in [0.5, 0.6) is 0 Å². The van der Waals surface area contributed by atoms with Gasteiger partial charge in [0.2, 0.25) is 0 Å². The fourth-order valence-electron chi connectivity index (χ4n) is 0.845. The average Bonchev–Trinajstić information content (AvgIpc) is 1.87. The van der Waals surface area contributed by atoms with Crippen LogP contribution in [0, 0.1) is 5.92 Å². The van der Waals surface area contributed by atoms with E-state index in [2.05, 4.69) is 0 Å². The minimum atomic E-state index is -0.914. The first kappa shape index (κ1) is 9.76. The summed E-state index contributed by atoms with van der Waals surface area (Å²) in [6, 6.07) is 0. The Morgan fingerprint density at radius 2 is 2.20 bits per heavy atom. The Kier molecular flexibility index (Phi) is 4.45. The summed E-state index contributed by atoms with van der Waals surface area (Å²) in [4.78, 5) is 10.3. The smallest absolute Gasteiger partial charge is 0.321 e. The molecule has 0 saturated carbocycles. The second kappa shape index (κ2) is 4.56. The maximum Gasteiger partial charge on any atom is 0.321 e. The predicted octanol–water partition coefficient (Wildman–Crippen LogP) is 2.11. The monoisotopic (exact) mass is 164 g/mol. The zero-order chi connectivity index (χ0) is 8.15. The van der Waals surface area contributed by atoms with Gasteiger partial charge >= 0.3 is 5.97 Å². The Balaban J connectivity index is 3.69. The molecule has 10 heavy (non-hydrogen) atoms. The number of carbonyl (C=O) groups is 1. The van der Waals surface area contributed by atoms with Crippen molar-refractivity contribution in [3.8, 4) is 0 Å². The second-order valence-electron chi connectivity index (χ2n) is 2.51. The highest BCUT2D eigenvalue weighted by Crippen LogP contribution is 2.15. The minimum Gasteiger partial charge on any atom is -0.480 e. The highest BCUT2D eigenvalue weighted by Gasteiger charge is 2.20. The second-order valence-corrected chi connectivity index (χ2v) is 2.98. The Hall–Kier alpha value is -0.240. The van der Waals surface area contributed by atoms with Crippen molar-refractivity contribution in [3.63, 3.8) is 0 Å². The minimum absolute atomic E-state index is 0.0733. The maximum atomic E-state index is 10.3. The fourth-order valence-corrected chi connectivity index (χ4v) is 0.971. The van der Waals surface area contributed by atoms with Gasteiger partial charge in [-0.2, -0.15) is 0 Å². The molecule has 0 bridgehead atoms. The molecule has 0 rings (SSSR count). The number of hydrogen-bond donors (Lipinski definition) is 1. The molecule has 0 amide bonds. The van der Waals surface area contributed by atoms with Crippen LogP contribution in [-0.2, 0) is 4.79 Å². The van der Waals surface area contributed by atoms with E-state index >= 15 is 0 Å². The van der Waals surface area contributed by atoms with Crippen molar-refractivity contribution in [1.82, 2.24) is 0 Å². The number of halogens is 1. The van der Waals surface area contributed by atoms with Crippen molar-refractivity contribution in [2.45, 2.75) is 32.1 Å². The summed E-state index contributed by atoms with van der Waals surface area (Å²) in [5, 5.41) is 7.72. The summed E-state index contributed by atoms with van der Waals surface area (Å²) in [6.45, 7) is 3.87. The largest absolute Gasteiger partial charge is 0.480 e. The van der Waals surface area contributed by atoms with Crippen LogP contribution in [0.2, 0.25) is 0 Å². The van der Waals surface area contributed by atoms with Crippen molar-refractivity contribution in [2.24, 2.45) is 5.92 Å². The van der Waals surface area contributed by atoms with E-state index in [-0.39, 0.29) is 5.92 Å². The highest BCUT2D eigenvalue weighted by molar-refractivity contribution is 6.29. The van der Waals surface area contributed by atoms with Crippen molar-refractivity contribution in [1.29, 1.82) is 0 Å². The fraction of sp³-hybridized carbons (Fsp3) is 0.857. The van der Waals surface area contributed by atoms with Gasteiger partial charge in [-0.3, -0.25) is 4.79 Å². The molecule has 0 saturated heterocycles. The topological polar surface area (TPSA) is 37.3 Å². The molecule has 0 aliphatic heterocycles. The molecular formula is C7H13ClO2. The van der Waals surface area contributed by atoms with Gasteiger partial charge in [-0.25, -0.2) is 0 Å². The number of carboxylic acid groups (broad SMARTS) is 1. The van der Waals surface area contributed by atoms with Crippen molar-refractivity contribution in [3.05, 3.63) is 0 Å². The quantitative estimate of drug-likeness (QED) is 0.647. The molecule has 0 aromatic carbocycles. The van der Waals surface area contributed by atoms with E-state index in [1.807, 2.05) is 13.8 Å². The molecule has 2 atom stereocenters. The lowest BCUT2D eigenvalue weighted by atomic mass is 10.0. The molecule has 0 spiro atoms. The molecule has 0 aromatic rings. The molecule has 2 nitrogen and oxygen atoms in total. The highest BCUT2D eigenvalue weighted by atomic mass is 35.5. The molecule has 0 heterocycles. The normalized spacial score (nSPS) is 16.3. The van der Waals surface area contributed by atoms with E-state index < -0.39 is 11.3 Å². The number of hydrogen-bond acceptors (Lipinski definition) is 1. The summed E-state index contributed by atoms with van der Waals surface area (Å²) >= 11 is 5.55. The number of aliphatic carboxylic acids is 1. The van der Waals surface area contributed by atoms with E-state index in [1.54, 1.807) is 0 Å². The third-order valence-corrected chi connectivity index (χ3v) is 2.10. The van der Waals surface area contributed by atoms with Crippen LogP contribution < -0.4 is 0 Å². The third kappa shape index (κ3) is 3.06. The molecular weight excluding hydrogens is 152 g/mol. The molecule has 0 aliphatic carbocycles. The van der Waals surface area contributed by atoms with Crippen molar-refractivity contribution >= 4 is 17.6 Å². The first-order chi connectivity index (χ1) is 4.59. The first-order valence-electron chi connectivity index (χ1n) is 3.46. The Labute approximate surface area is 66.2 Å². The molecule has 1 N–H and O–H groups in total. The van der Waals surface area contributed by atoms with E-state index in [9.17, 15) is 4.79 Å². The van der Waals surface area contributed by atoms with E-state index in [0.717, 1.165) is 12.8 Å². The maximum absolute atomic E-state index is 10.3. The van der Waals surface area contributed by atoms with Gasteiger partial charge in [0.05, 0.1) is 0 Å². The Morgan fingerprint density at radius 1 is 1.70 bits per heavy atom. The summed E-state index contributed by atoms with van der Waals surface area (Å²) in [6.07, 6.45) is 1.86. The standard InChI is InChI=1S/C7H13ClO2/c1-3-4-5(2)6(8)7(9)10/h5-6H,3-4H2,1-2H3,(H,9,10). The van der Waals surface area contributed by atoms with Gasteiger partial charge in [-0.1, -0.05) is 20.3 Å². The summed E-state index contributed by atoms with van der Waals surface area (Å²) in [7, 11) is 0. The van der Waals surface area contributed by atoms with Gasteiger partial charge in [0.15, 0.2) is 0 Å². The van der Waals surface area contributed by atoms with Crippen LogP contribution >= 0.6 is 11.6 Å². The lowest BCUT2D eigenvalue weighted by molar-refractivity contribution is -0.137. The SMILES string of the molecule is CCCC(C)C(Cl)C(=O)O. The van der Waals surface area contributed by atoms with Crippen LogP contribution in [-0.4, -0.2) is 16.5 Å². The van der Waals surface area contributed by atoms with Gasteiger partial charge in [-0.15, -0.1) is 11.6 Å². The number of alkyl halides is 1. The van der Waals surface area contributed by atoms with E-state index in [1.165, 1.54) is 0 Å². The zero-order valence-electron chi connectivity index (χ0n) is 6.30. The molecule has 3 heteroatoms. The molecule has 0 aliphatic rings. The molecule has 0 fully saturated rings. The first-order valence-corrected chi connectivity index (χ1v) is 3.90. The predicted molar refractivity (Wildman–Crippen MR) is 41.3 cm³/mol. The van der Waals surface area contributed by atoms with E-state index in [0.29, 0.717) is 0 Å². The Morgan fingerprint density at radius 3 is 2.50 bits per heavy atom. The summed E-state index contributed by atoms with van der Waals surface area (Å²) in [5.74, 6) is -0.841. The van der Waals surface area contributed by atoms with Crippen LogP contribution in [0.3, 0.4) is 0 Å². The molecule has 0 aromatic heterocycles. The zero-order valence-corrected chi connectivity index (χ0v) is 7.06. The summed E-state index contributed by atoms with van der Waals surface area (Å²) < 4.78 is 0. The van der Waals surface area contributed by atoms with Crippen molar-refractivity contribution in [2.75, 3.05) is 0 Å². The summed E-state index contributed by atoms with van der Waals surface area (Å²) in [5.41, 5.74) is 0. The van der Waals surface area contributed by atoms with Gasteiger partial charge in [0, 0.05) is 0 Å². The lowest BCUT2D eigenvalue weighted by Crippen LogP contribution is -2.21. The third-order valence-electron chi connectivity index (χ3n) is 1.48. The van der Waals surface area contributed by atoms with E-state index in [4.69, 9.17) is 16.7 Å². The van der Waals surface area contributed by atoms with Crippen LogP contribution in [0.15, 0.2) is 0 Å². The van der Waals surface area contributed by atoms with Gasteiger partial charge in [0.1, 0.15) is 5.38 Å². The van der Waals surface area contributed by atoms with Crippen LogP contribution in [0.25, 0.3) is 0 Å². The van der Waals surface area contributed by atoms with Gasteiger partial charge in [0.25, 0.3) is 0 Å². The van der Waals surface area contributed by atoms with Gasteiger partial charge < -0.3 is 5.11 Å². The average molecular weight is 165 g/mol. The van der Waals surface area contributed by atoms with Crippen LogP contribution in [0.1, 0.15) is 26.7 Å². The molecule has 2 unspecified atom stereocenters. The lowest BCUT2D eigenvalue weighted by Gasteiger charge is -2.11. The van der Waals surface area contributed by atoms with Crippen molar-refractivity contribution < 1.29 is 9.90 Å². The van der Waals surface area contributed by atoms with Crippen LogP contribution in [0.4, 0.5) is 0 Å². The molecule has 0 radical (unpaired) electrons. The van der Waals surface area contributed by atoms with Gasteiger partial charge in [-0.05, 0) is 12.3 Å². The molecule has 60 valence electrons. The number of carboxylic acids is 1. The Bertz CT molecular complexity index is 114.